The number of rotatable bonds is 2. The summed E-state index contributed by atoms with van der Waals surface area (Å²) in [6, 6.07) is 2.42. The molecule has 0 aliphatic carbocycles. The van der Waals surface area contributed by atoms with Crippen molar-refractivity contribution in [2.45, 2.75) is 6.54 Å². The molecule has 1 rings (SSSR count). The van der Waals surface area contributed by atoms with Gasteiger partial charge in [-0.2, -0.15) is 0 Å². The second kappa shape index (κ2) is 3.74. The molecule has 0 aliphatic heterocycles. The van der Waals surface area contributed by atoms with Gasteiger partial charge in [-0.05, 0) is 19.2 Å². The molecule has 2 N–H and O–H groups in total. The highest BCUT2D eigenvalue weighted by Gasteiger charge is 2.09. The smallest absolute Gasteiger partial charge is 0.134 e. The first-order chi connectivity index (χ1) is 5.66. The molecule has 0 aliphatic rings. The lowest BCUT2D eigenvalue weighted by atomic mass is 10.2. The lowest BCUT2D eigenvalue weighted by Crippen LogP contribution is -2.07. The van der Waals surface area contributed by atoms with E-state index >= 15 is 0 Å². The lowest BCUT2D eigenvalue weighted by molar-refractivity contribution is 0.471. The van der Waals surface area contributed by atoms with Crippen LogP contribution in [0.4, 0.5) is 4.39 Å². The fraction of sp³-hybridized carbons (Fsp3) is 0.250. The molecule has 0 fully saturated rings. The van der Waals surface area contributed by atoms with Crippen molar-refractivity contribution in [2.24, 2.45) is 0 Å². The molecule has 0 saturated heterocycles. The summed E-state index contributed by atoms with van der Waals surface area (Å²) in [5.74, 6) is -0.504. The van der Waals surface area contributed by atoms with E-state index in [-0.39, 0.29) is 10.8 Å². The maximum atomic E-state index is 13.0. The Kier molecular flexibility index (Phi) is 2.89. The second-order valence-corrected chi connectivity index (χ2v) is 2.77. The number of phenols is 1. The fourth-order valence-electron chi connectivity index (χ4n) is 0.924. The van der Waals surface area contributed by atoms with E-state index in [0.29, 0.717) is 12.1 Å². The number of phenolic OH excluding ortho intramolecular Hbond substituents is 1. The Labute approximate surface area is 75.0 Å². The van der Waals surface area contributed by atoms with Gasteiger partial charge in [0.2, 0.25) is 0 Å². The van der Waals surface area contributed by atoms with E-state index in [1.54, 1.807) is 7.05 Å². The molecule has 0 amide bonds. The monoisotopic (exact) mass is 189 g/mol. The minimum absolute atomic E-state index is 0.0735. The molecular formula is C8H9ClFNO. The number of aromatic hydroxyl groups is 1. The molecule has 0 saturated carbocycles. The Morgan fingerprint density at radius 3 is 2.83 bits per heavy atom. The van der Waals surface area contributed by atoms with Gasteiger partial charge in [-0.3, -0.25) is 0 Å². The molecule has 0 heterocycles. The topological polar surface area (TPSA) is 32.3 Å². The number of benzene rings is 1. The maximum absolute atomic E-state index is 13.0. The largest absolute Gasteiger partial charge is 0.506 e. The van der Waals surface area contributed by atoms with Crippen LogP contribution in [0.3, 0.4) is 0 Å². The van der Waals surface area contributed by atoms with Gasteiger partial charge in [0.25, 0.3) is 0 Å². The number of hydrogen-bond acceptors (Lipinski definition) is 2. The second-order valence-electron chi connectivity index (χ2n) is 2.39. The third-order valence-electron chi connectivity index (χ3n) is 1.52. The van der Waals surface area contributed by atoms with Crippen molar-refractivity contribution in [3.05, 3.63) is 28.5 Å². The maximum Gasteiger partial charge on any atom is 0.134 e. The summed E-state index contributed by atoms with van der Waals surface area (Å²) in [5.41, 5.74) is 0.291. The van der Waals surface area contributed by atoms with Crippen LogP contribution in [0.2, 0.25) is 5.02 Å². The predicted molar refractivity (Wildman–Crippen MR) is 45.8 cm³/mol. The standard InChI is InChI=1S/C8H9ClFNO/c1-11-4-5-6(10)2-3-7(12)8(5)9/h2-3,11-12H,4H2,1H3. The van der Waals surface area contributed by atoms with Crippen LogP contribution >= 0.6 is 11.6 Å². The molecule has 4 heteroatoms. The summed E-state index contributed by atoms with van der Waals surface area (Å²) < 4.78 is 13.0. The molecule has 1 aromatic carbocycles. The van der Waals surface area contributed by atoms with Crippen LogP contribution < -0.4 is 5.32 Å². The van der Waals surface area contributed by atoms with E-state index in [1.165, 1.54) is 12.1 Å². The van der Waals surface area contributed by atoms with Crippen molar-refractivity contribution >= 4 is 11.6 Å². The van der Waals surface area contributed by atoms with Crippen LogP contribution in [0.5, 0.6) is 5.75 Å². The zero-order valence-electron chi connectivity index (χ0n) is 6.56. The highest BCUT2D eigenvalue weighted by molar-refractivity contribution is 6.32. The van der Waals surface area contributed by atoms with Crippen LogP contribution in [-0.2, 0) is 6.54 Å². The van der Waals surface area contributed by atoms with Gasteiger partial charge in [-0.1, -0.05) is 11.6 Å². The van der Waals surface area contributed by atoms with E-state index in [2.05, 4.69) is 5.32 Å². The molecule has 2 nitrogen and oxygen atoms in total. The van der Waals surface area contributed by atoms with Crippen molar-refractivity contribution in [3.63, 3.8) is 0 Å². The van der Waals surface area contributed by atoms with Crippen molar-refractivity contribution in [1.82, 2.24) is 5.32 Å². The molecule has 0 aromatic heterocycles. The first-order valence-electron chi connectivity index (χ1n) is 3.47. The summed E-state index contributed by atoms with van der Waals surface area (Å²) in [5, 5.41) is 12.0. The highest BCUT2D eigenvalue weighted by Crippen LogP contribution is 2.28. The average Bonchev–Trinajstić information content (AvgIpc) is 2.06. The quantitative estimate of drug-likeness (QED) is 0.745. The number of halogens is 2. The summed E-state index contributed by atoms with van der Waals surface area (Å²) in [6.45, 7) is 0.305. The molecule has 0 bridgehead atoms. The molecule has 0 spiro atoms. The SMILES string of the molecule is CNCc1c(F)ccc(O)c1Cl. The fourth-order valence-corrected chi connectivity index (χ4v) is 1.14. The van der Waals surface area contributed by atoms with E-state index in [0.717, 1.165) is 0 Å². The third kappa shape index (κ3) is 1.68. The Bertz CT molecular complexity index is 291. The van der Waals surface area contributed by atoms with Gasteiger partial charge in [0.1, 0.15) is 11.6 Å². The van der Waals surface area contributed by atoms with Crippen LogP contribution in [-0.4, -0.2) is 12.2 Å². The summed E-state index contributed by atoms with van der Waals surface area (Å²) in [4.78, 5) is 0. The van der Waals surface area contributed by atoms with Crippen molar-refractivity contribution in [2.75, 3.05) is 7.05 Å². The van der Waals surface area contributed by atoms with Crippen molar-refractivity contribution < 1.29 is 9.50 Å². The molecule has 0 atom stereocenters. The molecule has 0 radical (unpaired) electrons. The predicted octanol–water partition coefficient (Wildman–Crippen LogP) is 1.90. The molecular weight excluding hydrogens is 181 g/mol. The van der Waals surface area contributed by atoms with E-state index in [4.69, 9.17) is 16.7 Å². The van der Waals surface area contributed by atoms with Gasteiger partial charge in [-0.25, -0.2) is 4.39 Å². The lowest BCUT2D eigenvalue weighted by Gasteiger charge is -2.05. The molecule has 1 aromatic rings. The Morgan fingerprint density at radius 1 is 1.58 bits per heavy atom. The van der Waals surface area contributed by atoms with Gasteiger partial charge in [0.15, 0.2) is 0 Å². The first-order valence-corrected chi connectivity index (χ1v) is 3.85. The summed E-state index contributed by atoms with van der Waals surface area (Å²) in [7, 11) is 1.68. The third-order valence-corrected chi connectivity index (χ3v) is 1.94. The summed E-state index contributed by atoms with van der Waals surface area (Å²) >= 11 is 5.65. The Balaban J connectivity index is 3.14. The molecule has 12 heavy (non-hydrogen) atoms. The van der Waals surface area contributed by atoms with Crippen LogP contribution in [0, 0.1) is 5.82 Å². The van der Waals surface area contributed by atoms with Crippen molar-refractivity contribution in [3.8, 4) is 5.75 Å². The number of nitrogens with one attached hydrogen (secondary N) is 1. The number of hydrogen-bond donors (Lipinski definition) is 2. The normalized spacial score (nSPS) is 10.2. The summed E-state index contributed by atoms with van der Waals surface area (Å²) in [6.07, 6.45) is 0. The van der Waals surface area contributed by atoms with Gasteiger partial charge < -0.3 is 10.4 Å². The Hall–Kier alpha value is -0.800. The zero-order chi connectivity index (χ0) is 9.14. The highest BCUT2D eigenvalue weighted by atomic mass is 35.5. The Morgan fingerprint density at radius 2 is 2.25 bits per heavy atom. The molecule has 66 valence electrons. The minimum Gasteiger partial charge on any atom is -0.506 e. The van der Waals surface area contributed by atoms with Gasteiger partial charge in [-0.15, -0.1) is 0 Å². The first kappa shape index (κ1) is 9.29. The van der Waals surface area contributed by atoms with Crippen LogP contribution in [0.25, 0.3) is 0 Å². The van der Waals surface area contributed by atoms with E-state index < -0.39 is 5.82 Å². The minimum atomic E-state index is -0.410. The van der Waals surface area contributed by atoms with Gasteiger partial charge in [0, 0.05) is 12.1 Å². The van der Waals surface area contributed by atoms with Crippen LogP contribution in [0.1, 0.15) is 5.56 Å². The average molecular weight is 190 g/mol. The van der Waals surface area contributed by atoms with Gasteiger partial charge in [0.05, 0.1) is 5.02 Å². The van der Waals surface area contributed by atoms with E-state index in [1.807, 2.05) is 0 Å². The van der Waals surface area contributed by atoms with E-state index in [9.17, 15) is 4.39 Å². The molecule has 0 unspecified atom stereocenters. The van der Waals surface area contributed by atoms with Crippen molar-refractivity contribution in [1.29, 1.82) is 0 Å². The van der Waals surface area contributed by atoms with Gasteiger partial charge >= 0.3 is 0 Å². The zero-order valence-corrected chi connectivity index (χ0v) is 7.32. The van der Waals surface area contributed by atoms with Crippen LogP contribution in [0.15, 0.2) is 12.1 Å².